The molecule has 0 aliphatic heterocycles. The predicted molar refractivity (Wildman–Crippen MR) is 70.1 cm³/mol. The lowest BCUT2D eigenvalue weighted by Gasteiger charge is -2.06. The van der Waals surface area contributed by atoms with Crippen molar-refractivity contribution in [3.8, 4) is 5.75 Å². The van der Waals surface area contributed by atoms with Crippen LogP contribution in [0.4, 0.5) is 0 Å². The highest BCUT2D eigenvalue weighted by molar-refractivity contribution is 5.72. The number of nitrogens with one attached hydrogen (secondary N) is 2. The van der Waals surface area contributed by atoms with Crippen molar-refractivity contribution in [1.82, 2.24) is 10.6 Å². The van der Waals surface area contributed by atoms with Crippen molar-refractivity contribution in [3.05, 3.63) is 28.8 Å². The first-order chi connectivity index (χ1) is 7.92. The largest absolute Gasteiger partial charge is 0.507 e. The van der Waals surface area contributed by atoms with Crippen molar-refractivity contribution in [2.24, 2.45) is 0 Å². The fourth-order valence-electron chi connectivity index (χ4n) is 1.35. The fraction of sp³-hybridized carbons (Fsp3) is 0.462. The third-order valence-electron chi connectivity index (χ3n) is 2.28. The minimum absolute atomic E-state index is 0.00463. The molecule has 0 heterocycles. The molecule has 0 atom stereocenters. The van der Waals surface area contributed by atoms with Gasteiger partial charge in [-0.15, -0.1) is 0 Å². The van der Waals surface area contributed by atoms with Crippen LogP contribution in [0.2, 0.25) is 0 Å². The highest BCUT2D eigenvalue weighted by Crippen LogP contribution is 2.22. The van der Waals surface area contributed by atoms with Crippen LogP contribution in [0, 0.1) is 13.8 Å². The Labute approximate surface area is 103 Å². The van der Waals surface area contributed by atoms with Gasteiger partial charge in [-0.3, -0.25) is 4.79 Å². The van der Waals surface area contributed by atoms with Gasteiger partial charge >= 0.3 is 0 Å². The van der Waals surface area contributed by atoms with E-state index >= 15 is 0 Å². The Morgan fingerprint density at radius 1 is 1.24 bits per heavy atom. The van der Waals surface area contributed by atoms with Gasteiger partial charge in [0, 0.05) is 20.5 Å². The smallest absolute Gasteiger partial charge is 0.216 e. The number of amides is 1. The van der Waals surface area contributed by atoms with E-state index in [1.807, 2.05) is 33.0 Å². The molecule has 0 saturated carbocycles. The summed E-state index contributed by atoms with van der Waals surface area (Å²) in [5, 5.41) is 14.9. The van der Waals surface area contributed by atoms with Gasteiger partial charge in [0.05, 0.1) is 0 Å². The topological polar surface area (TPSA) is 61.4 Å². The van der Waals surface area contributed by atoms with Crippen molar-refractivity contribution in [1.29, 1.82) is 0 Å². The van der Waals surface area contributed by atoms with Crippen LogP contribution in [0.5, 0.6) is 5.75 Å². The van der Waals surface area contributed by atoms with Crippen LogP contribution >= 0.6 is 0 Å². The normalized spacial score (nSPS) is 9.24. The zero-order valence-corrected chi connectivity index (χ0v) is 11.2. The summed E-state index contributed by atoms with van der Waals surface area (Å²) in [5.74, 6) is 0.417. The molecule has 0 aliphatic carbocycles. The number of aromatic hydroxyl groups is 1. The standard InChI is InChI=1S/C10H15NO.C3H7NO/c1-7-4-9(6-11-3)5-8(2)10(7)12;1-3(5)4-2/h4-5,11-12H,6H2,1-3H3;1-2H3,(H,4,5). The summed E-state index contributed by atoms with van der Waals surface area (Å²) in [6.45, 7) is 6.16. The fourth-order valence-corrected chi connectivity index (χ4v) is 1.35. The molecule has 3 N–H and O–H groups in total. The molecule has 0 unspecified atom stereocenters. The molecule has 96 valence electrons. The minimum Gasteiger partial charge on any atom is -0.507 e. The summed E-state index contributed by atoms with van der Waals surface area (Å²) in [6.07, 6.45) is 0. The molecular weight excluding hydrogens is 216 g/mol. The van der Waals surface area contributed by atoms with Crippen LogP contribution in [0.25, 0.3) is 0 Å². The summed E-state index contributed by atoms with van der Waals surface area (Å²) in [6, 6.07) is 4.00. The summed E-state index contributed by atoms with van der Waals surface area (Å²) in [4.78, 5) is 9.70. The summed E-state index contributed by atoms with van der Waals surface area (Å²) >= 11 is 0. The second kappa shape index (κ2) is 7.68. The van der Waals surface area contributed by atoms with Crippen molar-refractivity contribution in [2.75, 3.05) is 14.1 Å². The molecule has 4 nitrogen and oxygen atoms in total. The van der Waals surface area contributed by atoms with Gasteiger partial charge in [-0.1, -0.05) is 12.1 Å². The SMILES string of the molecule is CNC(C)=O.CNCc1cc(C)c(O)c(C)c1. The van der Waals surface area contributed by atoms with E-state index < -0.39 is 0 Å². The average Bonchev–Trinajstić information content (AvgIpc) is 2.27. The van der Waals surface area contributed by atoms with Gasteiger partial charge in [0.1, 0.15) is 5.75 Å². The molecule has 0 spiro atoms. The van der Waals surface area contributed by atoms with Crippen LogP contribution in [0.15, 0.2) is 12.1 Å². The number of aryl methyl sites for hydroxylation is 2. The van der Waals surface area contributed by atoms with Crippen molar-refractivity contribution in [3.63, 3.8) is 0 Å². The molecular formula is C13H22N2O2. The molecule has 17 heavy (non-hydrogen) atoms. The Balaban J connectivity index is 0.000000437. The van der Waals surface area contributed by atoms with Gasteiger partial charge in [-0.2, -0.15) is 0 Å². The van der Waals surface area contributed by atoms with Crippen LogP contribution < -0.4 is 10.6 Å². The van der Waals surface area contributed by atoms with Gasteiger partial charge in [0.25, 0.3) is 0 Å². The number of carbonyl (C=O) groups excluding carboxylic acids is 1. The molecule has 0 bridgehead atoms. The van der Waals surface area contributed by atoms with Gasteiger partial charge in [-0.05, 0) is 37.6 Å². The zero-order valence-electron chi connectivity index (χ0n) is 11.2. The van der Waals surface area contributed by atoms with Gasteiger partial charge in [-0.25, -0.2) is 0 Å². The van der Waals surface area contributed by atoms with Crippen LogP contribution in [-0.2, 0) is 11.3 Å². The van der Waals surface area contributed by atoms with E-state index in [9.17, 15) is 9.90 Å². The van der Waals surface area contributed by atoms with Crippen LogP contribution in [-0.4, -0.2) is 25.1 Å². The summed E-state index contributed by atoms with van der Waals surface area (Å²) < 4.78 is 0. The molecule has 0 saturated heterocycles. The predicted octanol–water partition coefficient (Wildman–Crippen LogP) is 1.48. The second-order valence-electron chi connectivity index (χ2n) is 3.91. The van der Waals surface area contributed by atoms with Crippen molar-refractivity contribution in [2.45, 2.75) is 27.3 Å². The maximum atomic E-state index is 9.70. The lowest BCUT2D eigenvalue weighted by molar-refractivity contribution is -0.118. The molecule has 1 amide bonds. The lowest BCUT2D eigenvalue weighted by Crippen LogP contribution is -2.11. The molecule has 4 heteroatoms. The van der Waals surface area contributed by atoms with Gasteiger partial charge in [0.15, 0.2) is 0 Å². The maximum absolute atomic E-state index is 9.70. The van der Waals surface area contributed by atoms with E-state index in [-0.39, 0.29) is 5.91 Å². The molecule has 0 radical (unpaired) electrons. The summed E-state index contributed by atoms with van der Waals surface area (Å²) in [7, 11) is 3.51. The Bertz CT molecular complexity index is 353. The number of rotatable bonds is 2. The monoisotopic (exact) mass is 238 g/mol. The van der Waals surface area contributed by atoms with E-state index in [2.05, 4.69) is 10.6 Å². The molecule has 1 rings (SSSR count). The Hall–Kier alpha value is -1.55. The lowest BCUT2D eigenvalue weighted by atomic mass is 10.1. The highest BCUT2D eigenvalue weighted by atomic mass is 16.3. The van der Waals surface area contributed by atoms with Gasteiger partial charge < -0.3 is 15.7 Å². The first-order valence-corrected chi connectivity index (χ1v) is 5.54. The number of phenols is 1. The van der Waals surface area contributed by atoms with Crippen molar-refractivity contribution >= 4 is 5.91 Å². The van der Waals surface area contributed by atoms with Crippen LogP contribution in [0.1, 0.15) is 23.6 Å². The third kappa shape index (κ3) is 5.92. The zero-order chi connectivity index (χ0) is 13.4. The van der Waals surface area contributed by atoms with Crippen LogP contribution in [0.3, 0.4) is 0 Å². The molecule has 1 aromatic carbocycles. The number of phenolic OH excluding ortho intramolecular Hbond substituents is 1. The number of benzene rings is 1. The second-order valence-corrected chi connectivity index (χ2v) is 3.91. The Kier molecular flexibility index (Phi) is 6.98. The molecule has 1 aromatic rings. The highest BCUT2D eigenvalue weighted by Gasteiger charge is 2.01. The summed E-state index contributed by atoms with van der Waals surface area (Å²) in [5.41, 5.74) is 3.10. The quantitative estimate of drug-likeness (QED) is 0.731. The molecule has 0 aliphatic rings. The molecule has 0 fully saturated rings. The van der Waals surface area contributed by atoms with Crippen molar-refractivity contribution < 1.29 is 9.90 Å². The van der Waals surface area contributed by atoms with E-state index in [1.54, 1.807) is 7.05 Å². The third-order valence-corrected chi connectivity index (χ3v) is 2.28. The van der Waals surface area contributed by atoms with E-state index in [1.165, 1.54) is 12.5 Å². The number of carbonyl (C=O) groups is 1. The van der Waals surface area contributed by atoms with Gasteiger partial charge in [0.2, 0.25) is 5.91 Å². The van der Waals surface area contributed by atoms with E-state index in [0.29, 0.717) is 5.75 Å². The maximum Gasteiger partial charge on any atom is 0.216 e. The van der Waals surface area contributed by atoms with E-state index in [0.717, 1.165) is 17.7 Å². The Morgan fingerprint density at radius 2 is 1.65 bits per heavy atom. The number of hydrogen-bond acceptors (Lipinski definition) is 3. The first kappa shape index (κ1) is 15.4. The first-order valence-electron chi connectivity index (χ1n) is 5.54. The number of hydrogen-bond donors (Lipinski definition) is 3. The molecule has 0 aromatic heterocycles. The average molecular weight is 238 g/mol. The minimum atomic E-state index is 0.00463. The van der Waals surface area contributed by atoms with E-state index in [4.69, 9.17) is 0 Å². The Morgan fingerprint density at radius 3 is 1.94 bits per heavy atom.